The summed E-state index contributed by atoms with van der Waals surface area (Å²) in [7, 11) is 0. The van der Waals surface area contributed by atoms with E-state index in [2.05, 4.69) is 21.4 Å². The summed E-state index contributed by atoms with van der Waals surface area (Å²) in [5.41, 5.74) is 0. The largest absolute Gasteiger partial charge is 0.481 e. The number of aliphatic carboxylic acids is 1. The van der Waals surface area contributed by atoms with Gasteiger partial charge in [0.05, 0.1) is 6.54 Å². The van der Waals surface area contributed by atoms with Gasteiger partial charge in [0.15, 0.2) is 0 Å². The second-order valence-corrected chi connectivity index (χ2v) is 5.31. The van der Waals surface area contributed by atoms with Gasteiger partial charge in [0.2, 0.25) is 0 Å². The molecule has 1 aromatic rings. The number of carbonyl (C=O) groups is 1. The Balaban J connectivity index is 1.85. The summed E-state index contributed by atoms with van der Waals surface area (Å²) >= 11 is 0. The maximum atomic E-state index is 10.6. The number of aromatic nitrogens is 2. The smallest absolute Gasteiger partial charge is 0.303 e. The van der Waals surface area contributed by atoms with Crippen molar-refractivity contribution in [2.45, 2.75) is 45.7 Å². The van der Waals surface area contributed by atoms with Gasteiger partial charge in [-0.2, -0.15) is 0 Å². The highest BCUT2D eigenvalue weighted by atomic mass is 16.4. The van der Waals surface area contributed by atoms with E-state index in [0.717, 1.165) is 51.3 Å². The van der Waals surface area contributed by atoms with Crippen molar-refractivity contribution in [2.75, 3.05) is 13.1 Å². The van der Waals surface area contributed by atoms with Gasteiger partial charge in [0.1, 0.15) is 5.82 Å². The maximum Gasteiger partial charge on any atom is 0.303 e. The third-order valence-electron chi connectivity index (χ3n) is 3.88. The molecule has 19 heavy (non-hydrogen) atoms. The Bertz CT molecular complexity index is 417. The van der Waals surface area contributed by atoms with Crippen molar-refractivity contribution in [3.63, 3.8) is 0 Å². The van der Waals surface area contributed by atoms with Gasteiger partial charge in [-0.05, 0) is 38.6 Å². The number of rotatable bonds is 6. The molecule has 1 aliphatic heterocycles. The molecule has 0 aliphatic carbocycles. The Kier molecular flexibility index (Phi) is 4.96. The van der Waals surface area contributed by atoms with Crippen LogP contribution in [0.15, 0.2) is 12.4 Å². The highest BCUT2D eigenvalue weighted by Gasteiger charge is 2.21. The molecule has 0 aromatic carbocycles. The van der Waals surface area contributed by atoms with Crippen molar-refractivity contribution < 1.29 is 9.90 Å². The Morgan fingerprint density at radius 3 is 3.16 bits per heavy atom. The van der Waals surface area contributed by atoms with Gasteiger partial charge in [-0.15, -0.1) is 0 Å². The topological polar surface area (TPSA) is 58.4 Å². The van der Waals surface area contributed by atoms with E-state index in [9.17, 15) is 4.79 Å². The standard InChI is InChI=1S/C14H23N3O2/c1-2-17-9-7-15-13(17)11-16-8-3-4-12(10-16)5-6-14(18)19/h7,9,12H,2-6,8,10-11H2,1H3,(H,18,19). The van der Waals surface area contributed by atoms with Gasteiger partial charge in [-0.3, -0.25) is 9.69 Å². The molecule has 2 heterocycles. The second kappa shape index (κ2) is 6.70. The molecule has 5 nitrogen and oxygen atoms in total. The molecule has 0 bridgehead atoms. The molecule has 1 N–H and O–H groups in total. The number of nitrogens with zero attached hydrogens (tertiary/aromatic N) is 3. The van der Waals surface area contributed by atoms with E-state index in [-0.39, 0.29) is 0 Å². The van der Waals surface area contributed by atoms with E-state index in [1.807, 2.05) is 12.4 Å². The lowest BCUT2D eigenvalue weighted by Gasteiger charge is -2.32. The molecular weight excluding hydrogens is 242 g/mol. The molecule has 1 aliphatic rings. The maximum absolute atomic E-state index is 10.6. The number of likely N-dealkylation sites (tertiary alicyclic amines) is 1. The van der Waals surface area contributed by atoms with E-state index in [4.69, 9.17) is 5.11 Å². The monoisotopic (exact) mass is 265 g/mol. The number of carboxylic acid groups (broad SMARTS) is 1. The molecule has 1 aromatic heterocycles. The fourth-order valence-electron chi connectivity index (χ4n) is 2.84. The minimum Gasteiger partial charge on any atom is -0.481 e. The van der Waals surface area contributed by atoms with Crippen LogP contribution in [0, 0.1) is 5.92 Å². The number of piperidine rings is 1. The minimum absolute atomic E-state index is 0.294. The molecular formula is C14H23N3O2. The van der Waals surface area contributed by atoms with Gasteiger partial charge in [0.25, 0.3) is 0 Å². The molecule has 5 heteroatoms. The van der Waals surface area contributed by atoms with Gasteiger partial charge in [-0.1, -0.05) is 0 Å². The van der Waals surface area contributed by atoms with Crippen LogP contribution in [0.2, 0.25) is 0 Å². The van der Waals surface area contributed by atoms with Crippen molar-refractivity contribution >= 4 is 5.97 Å². The van der Waals surface area contributed by atoms with Crippen molar-refractivity contribution in [3.8, 4) is 0 Å². The summed E-state index contributed by atoms with van der Waals surface area (Å²) in [5.74, 6) is 0.954. The molecule has 1 atom stereocenters. The third kappa shape index (κ3) is 4.06. The van der Waals surface area contributed by atoms with Crippen LogP contribution in [0.3, 0.4) is 0 Å². The zero-order chi connectivity index (χ0) is 13.7. The first-order chi connectivity index (χ1) is 9.19. The van der Waals surface area contributed by atoms with Crippen LogP contribution in [0.4, 0.5) is 0 Å². The van der Waals surface area contributed by atoms with Gasteiger partial charge < -0.3 is 9.67 Å². The Hall–Kier alpha value is -1.36. The fourth-order valence-corrected chi connectivity index (χ4v) is 2.84. The average molecular weight is 265 g/mol. The zero-order valence-corrected chi connectivity index (χ0v) is 11.6. The molecule has 0 amide bonds. The Morgan fingerprint density at radius 1 is 1.58 bits per heavy atom. The van der Waals surface area contributed by atoms with Crippen molar-refractivity contribution in [1.29, 1.82) is 0 Å². The summed E-state index contributed by atoms with van der Waals surface area (Å²) in [6.07, 6.45) is 7.28. The predicted octanol–water partition coefficient (Wildman–Crippen LogP) is 1.98. The van der Waals surface area contributed by atoms with E-state index in [1.165, 1.54) is 0 Å². The summed E-state index contributed by atoms with van der Waals surface area (Å²) < 4.78 is 2.17. The van der Waals surface area contributed by atoms with Crippen molar-refractivity contribution in [3.05, 3.63) is 18.2 Å². The lowest BCUT2D eigenvalue weighted by Crippen LogP contribution is -2.35. The van der Waals surface area contributed by atoms with Crippen molar-refractivity contribution in [2.24, 2.45) is 5.92 Å². The highest BCUT2D eigenvalue weighted by Crippen LogP contribution is 2.22. The quantitative estimate of drug-likeness (QED) is 0.854. The average Bonchev–Trinajstić information content (AvgIpc) is 2.84. The lowest BCUT2D eigenvalue weighted by molar-refractivity contribution is -0.137. The number of imidazole rings is 1. The lowest BCUT2D eigenvalue weighted by atomic mass is 9.93. The van der Waals surface area contributed by atoms with E-state index in [1.54, 1.807) is 0 Å². The number of hydrogen-bond acceptors (Lipinski definition) is 3. The molecule has 1 unspecified atom stereocenters. The molecule has 106 valence electrons. The molecule has 1 saturated heterocycles. The molecule has 0 spiro atoms. The molecule has 0 radical (unpaired) electrons. The summed E-state index contributed by atoms with van der Waals surface area (Å²) in [6.45, 7) is 6.05. The summed E-state index contributed by atoms with van der Waals surface area (Å²) in [5, 5.41) is 8.76. The van der Waals surface area contributed by atoms with Crippen LogP contribution in [0.1, 0.15) is 38.4 Å². The van der Waals surface area contributed by atoms with Gasteiger partial charge >= 0.3 is 5.97 Å². The fraction of sp³-hybridized carbons (Fsp3) is 0.714. The zero-order valence-electron chi connectivity index (χ0n) is 11.6. The van der Waals surface area contributed by atoms with Crippen LogP contribution >= 0.6 is 0 Å². The van der Waals surface area contributed by atoms with Crippen molar-refractivity contribution in [1.82, 2.24) is 14.5 Å². The predicted molar refractivity (Wildman–Crippen MR) is 72.8 cm³/mol. The molecule has 2 rings (SSSR count). The SMILES string of the molecule is CCn1ccnc1CN1CCCC(CCC(=O)O)C1. The first kappa shape index (κ1) is 14.1. The number of aryl methyl sites for hydroxylation is 1. The Morgan fingerprint density at radius 2 is 2.42 bits per heavy atom. The number of hydrogen-bond donors (Lipinski definition) is 1. The Labute approximate surface area is 114 Å². The van der Waals surface area contributed by atoms with Crippen LogP contribution in [-0.2, 0) is 17.9 Å². The molecule has 0 saturated carbocycles. The van der Waals surface area contributed by atoms with Crippen LogP contribution < -0.4 is 0 Å². The third-order valence-corrected chi connectivity index (χ3v) is 3.88. The molecule has 1 fully saturated rings. The summed E-state index contributed by atoms with van der Waals surface area (Å²) in [4.78, 5) is 17.5. The normalized spacial score (nSPS) is 20.6. The van der Waals surface area contributed by atoms with Gasteiger partial charge in [-0.25, -0.2) is 4.98 Å². The van der Waals surface area contributed by atoms with Gasteiger partial charge in [0, 0.05) is 31.9 Å². The van der Waals surface area contributed by atoms with Crippen LogP contribution in [0.25, 0.3) is 0 Å². The minimum atomic E-state index is -0.682. The first-order valence-electron chi connectivity index (χ1n) is 7.13. The first-order valence-corrected chi connectivity index (χ1v) is 7.13. The highest BCUT2D eigenvalue weighted by molar-refractivity contribution is 5.66. The summed E-state index contributed by atoms with van der Waals surface area (Å²) in [6, 6.07) is 0. The van der Waals surface area contributed by atoms with E-state index in [0.29, 0.717) is 12.3 Å². The van der Waals surface area contributed by atoms with E-state index < -0.39 is 5.97 Å². The van der Waals surface area contributed by atoms with E-state index >= 15 is 0 Å². The second-order valence-electron chi connectivity index (χ2n) is 5.31. The number of carboxylic acids is 1. The van der Waals surface area contributed by atoms with Crippen LogP contribution in [0.5, 0.6) is 0 Å². The van der Waals surface area contributed by atoms with Crippen LogP contribution in [-0.4, -0.2) is 38.6 Å².